The number of nitrogens with one attached hydrogen (secondary N) is 2. The highest BCUT2D eigenvalue weighted by atomic mass is 16.3. The zero-order chi connectivity index (χ0) is 12.6. The molecule has 0 bridgehead atoms. The Bertz CT molecular complexity index is 326. The van der Waals surface area contributed by atoms with E-state index in [0.29, 0.717) is 11.8 Å². The summed E-state index contributed by atoms with van der Waals surface area (Å²) < 4.78 is 0. The second kappa shape index (κ2) is 4.82. The number of aliphatic hydroxyl groups is 1. The molecule has 0 aromatic heterocycles. The molecule has 1 amide bonds. The molecular weight excluding hydrogens is 228 g/mol. The average molecular weight is 252 g/mol. The maximum absolute atomic E-state index is 12.3. The van der Waals surface area contributed by atoms with Gasteiger partial charge < -0.3 is 15.7 Å². The lowest BCUT2D eigenvalue weighted by molar-refractivity contribution is -0.133. The molecule has 1 saturated carbocycles. The molecule has 3 N–H and O–H groups in total. The topological polar surface area (TPSA) is 61.4 Å². The van der Waals surface area contributed by atoms with Crippen LogP contribution in [0.5, 0.6) is 0 Å². The fourth-order valence-corrected chi connectivity index (χ4v) is 4.38. The van der Waals surface area contributed by atoms with E-state index in [1.165, 1.54) is 0 Å². The van der Waals surface area contributed by atoms with Gasteiger partial charge in [0.25, 0.3) is 0 Å². The number of carbonyl (C=O) groups is 1. The van der Waals surface area contributed by atoms with Crippen molar-refractivity contribution in [2.45, 2.75) is 44.6 Å². The minimum absolute atomic E-state index is 0.101. The lowest BCUT2D eigenvalue weighted by Gasteiger charge is -2.45. The molecule has 1 spiro atoms. The number of piperidine rings is 1. The van der Waals surface area contributed by atoms with Gasteiger partial charge in [-0.2, -0.15) is 0 Å². The predicted octanol–water partition coefficient (Wildman–Crippen LogP) is 0.653. The highest BCUT2D eigenvalue weighted by Gasteiger charge is 2.52. The Kier molecular flexibility index (Phi) is 3.32. The number of hydrogen-bond donors (Lipinski definition) is 3. The van der Waals surface area contributed by atoms with Gasteiger partial charge in [0.05, 0.1) is 11.5 Å². The molecule has 0 unspecified atom stereocenters. The van der Waals surface area contributed by atoms with E-state index < -0.39 is 0 Å². The molecule has 3 fully saturated rings. The van der Waals surface area contributed by atoms with Crippen LogP contribution in [-0.4, -0.2) is 36.8 Å². The van der Waals surface area contributed by atoms with Crippen molar-refractivity contribution in [3.05, 3.63) is 0 Å². The Morgan fingerprint density at radius 3 is 2.56 bits per heavy atom. The van der Waals surface area contributed by atoms with Gasteiger partial charge in [-0.3, -0.25) is 4.79 Å². The number of carbonyl (C=O) groups excluding carboxylic acids is 1. The lowest BCUT2D eigenvalue weighted by atomic mass is 9.62. The summed E-state index contributed by atoms with van der Waals surface area (Å²) in [6.45, 7) is 2.73. The van der Waals surface area contributed by atoms with E-state index in [9.17, 15) is 9.90 Å². The molecule has 2 atom stereocenters. The van der Waals surface area contributed by atoms with Crippen LogP contribution in [0.2, 0.25) is 0 Å². The van der Waals surface area contributed by atoms with Gasteiger partial charge in [-0.05, 0) is 56.9 Å². The van der Waals surface area contributed by atoms with E-state index in [1.807, 2.05) is 0 Å². The van der Waals surface area contributed by atoms with Crippen molar-refractivity contribution in [3.8, 4) is 0 Å². The van der Waals surface area contributed by atoms with Crippen molar-refractivity contribution < 1.29 is 9.90 Å². The normalized spacial score (nSPS) is 45.2. The maximum atomic E-state index is 12.3. The van der Waals surface area contributed by atoms with Crippen LogP contribution < -0.4 is 10.6 Å². The summed E-state index contributed by atoms with van der Waals surface area (Å²) in [6.07, 6.45) is 6.05. The van der Waals surface area contributed by atoms with Crippen LogP contribution in [0.4, 0.5) is 0 Å². The second-order valence-corrected chi connectivity index (χ2v) is 6.30. The first-order chi connectivity index (χ1) is 8.72. The third-order valence-corrected chi connectivity index (χ3v) is 5.40. The Morgan fingerprint density at radius 2 is 1.89 bits per heavy atom. The zero-order valence-electron chi connectivity index (χ0n) is 11.0. The molecule has 102 valence electrons. The highest BCUT2D eigenvalue weighted by Crippen LogP contribution is 2.47. The van der Waals surface area contributed by atoms with Crippen LogP contribution in [0, 0.1) is 17.3 Å². The van der Waals surface area contributed by atoms with E-state index in [1.54, 1.807) is 0 Å². The quantitative estimate of drug-likeness (QED) is 0.642. The third kappa shape index (κ3) is 1.95. The first-order valence-electron chi connectivity index (χ1n) is 7.39. The molecule has 2 aliphatic heterocycles. The average Bonchev–Trinajstić information content (AvgIpc) is 2.74. The van der Waals surface area contributed by atoms with Crippen molar-refractivity contribution in [1.82, 2.24) is 10.6 Å². The molecule has 2 saturated heterocycles. The number of amides is 1. The molecule has 3 rings (SSSR count). The summed E-state index contributed by atoms with van der Waals surface area (Å²) in [5.41, 5.74) is -0.148. The fraction of sp³-hybridized carbons (Fsp3) is 0.929. The molecule has 1 aliphatic carbocycles. The molecule has 0 aromatic rings. The maximum Gasteiger partial charge on any atom is 0.227 e. The van der Waals surface area contributed by atoms with E-state index in [0.717, 1.165) is 58.2 Å². The molecule has 0 radical (unpaired) electrons. The molecular formula is C14H24N2O2. The van der Waals surface area contributed by atoms with Gasteiger partial charge in [0.2, 0.25) is 5.91 Å². The molecule has 4 heteroatoms. The van der Waals surface area contributed by atoms with E-state index >= 15 is 0 Å². The Hall–Kier alpha value is -0.610. The molecule has 18 heavy (non-hydrogen) atoms. The van der Waals surface area contributed by atoms with Crippen LogP contribution in [0.3, 0.4) is 0 Å². The van der Waals surface area contributed by atoms with Gasteiger partial charge in [0, 0.05) is 13.1 Å². The van der Waals surface area contributed by atoms with Crippen molar-refractivity contribution in [3.63, 3.8) is 0 Å². The molecule has 4 nitrogen and oxygen atoms in total. The molecule has 2 heterocycles. The van der Waals surface area contributed by atoms with Crippen LogP contribution in [0.15, 0.2) is 0 Å². The highest BCUT2D eigenvalue weighted by molar-refractivity contribution is 5.85. The SMILES string of the molecule is O=C1NCC[C@@]12CNCC[C@@H]2C1CCC(O)CC1. The van der Waals surface area contributed by atoms with Crippen LogP contribution in [-0.2, 0) is 4.79 Å². The van der Waals surface area contributed by atoms with Gasteiger partial charge in [0.1, 0.15) is 0 Å². The number of aliphatic hydroxyl groups excluding tert-OH is 1. The minimum Gasteiger partial charge on any atom is -0.393 e. The first kappa shape index (κ1) is 12.4. The summed E-state index contributed by atoms with van der Waals surface area (Å²) in [5.74, 6) is 1.43. The Balaban J connectivity index is 1.77. The standard InChI is InChI=1S/C14H24N2O2/c17-11-3-1-10(2-4-11)12-5-7-15-9-14(12)6-8-16-13(14)18/h10-12,15,17H,1-9H2,(H,16,18)/t10?,11?,12-,14+/m1/s1. The monoisotopic (exact) mass is 252 g/mol. The van der Waals surface area contributed by atoms with Crippen molar-refractivity contribution >= 4 is 5.91 Å². The summed E-state index contributed by atoms with van der Waals surface area (Å²) in [4.78, 5) is 12.3. The number of hydrogen-bond acceptors (Lipinski definition) is 3. The van der Waals surface area contributed by atoms with E-state index in [4.69, 9.17) is 0 Å². The predicted molar refractivity (Wildman–Crippen MR) is 69.0 cm³/mol. The smallest absolute Gasteiger partial charge is 0.227 e. The lowest BCUT2D eigenvalue weighted by Crippen LogP contribution is -2.53. The van der Waals surface area contributed by atoms with Crippen molar-refractivity contribution in [2.24, 2.45) is 17.3 Å². The van der Waals surface area contributed by atoms with Crippen LogP contribution in [0.1, 0.15) is 38.5 Å². The molecule has 3 aliphatic rings. The minimum atomic E-state index is -0.148. The van der Waals surface area contributed by atoms with Crippen molar-refractivity contribution in [2.75, 3.05) is 19.6 Å². The second-order valence-electron chi connectivity index (χ2n) is 6.30. The fourth-order valence-electron chi connectivity index (χ4n) is 4.38. The van der Waals surface area contributed by atoms with E-state index in [-0.39, 0.29) is 17.4 Å². The summed E-state index contributed by atoms with van der Waals surface area (Å²) in [5, 5.41) is 16.1. The van der Waals surface area contributed by atoms with Crippen LogP contribution >= 0.6 is 0 Å². The Labute approximate surface area is 109 Å². The van der Waals surface area contributed by atoms with Gasteiger partial charge in [-0.15, -0.1) is 0 Å². The van der Waals surface area contributed by atoms with Crippen LogP contribution in [0.25, 0.3) is 0 Å². The summed E-state index contributed by atoms with van der Waals surface area (Å²) in [7, 11) is 0. The Morgan fingerprint density at radius 1 is 1.11 bits per heavy atom. The molecule has 0 aromatic carbocycles. The summed E-state index contributed by atoms with van der Waals surface area (Å²) >= 11 is 0. The largest absolute Gasteiger partial charge is 0.393 e. The van der Waals surface area contributed by atoms with Gasteiger partial charge >= 0.3 is 0 Å². The third-order valence-electron chi connectivity index (χ3n) is 5.40. The van der Waals surface area contributed by atoms with Crippen molar-refractivity contribution in [1.29, 1.82) is 0 Å². The van der Waals surface area contributed by atoms with E-state index in [2.05, 4.69) is 10.6 Å². The summed E-state index contributed by atoms with van der Waals surface area (Å²) in [6, 6.07) is 0. The van der Waals surface area contributed by atoms with Gasteiger partial charge in [-0.25, -0.2) is 0 Å². The zero-order valence-corrected chi connectivity index (χ0v) is 11.0. The van der Waals surface area contributed by atoms with Gasteiger partial charge in [0.15, 0.2) is 0 Å². The first-order valence-corrected chi connectivity index (χ1v) is 7.39. The number of rotatable bonds is 1. The van der Waals surface area contributed by atoms with Gasteiger partial charge in [-0.1, -0.05) is 0 Å².